The molecule has 0 unspecified atom stereocenters. The molecule has 0 amide bonds. The first kappa shape index (κ1) is 9.72. The van der Waals surface area contributed by atoms with Crippen molar-refractivity contribution in [3.63, 3.8) is 0 Å². The van der Waals surface area contributed by atoms with E-state index in [-0.39, 0.29) is 0 Å². The Labute approximate surface area is 98.2 Å². The Hall–Kier alpha value is -2.49. The van der Waals surface area contributed by atoms with Crippen molar-refractivity contribution in [3.8, 4) is 11.5 Å². The number of rotatable bonds is 2. The van der Waals surface area contributed by atoms with Crippen molar-refractivity contribution in [3.05, 3.63) is 54.9 Å². The number of nitrogens with zero attached hydrogens (tertiary/aromatic N) is 2. The van der Waals surface area contributed by atoms with E-state index in [4.69, 9.17) is 10.5 Å². The zero-order valence-corrected chi connectivity index (χ0v) is 9.08. The monoisotopic (exact) mass is 225 g/mol. The number of hydrogen-bond donors (Lipinski definition) is 1. The Morgan fingerprint density at radius 3 is 2.71 bits per heavy atom. The van der Waals surface area contributed by atoms with E-state index in [0.29, 0.717) is 0 Å². The van der Waals surface area contributed by atoms with Crippen molar-refractivity contribution in [2.45, 2.75) is 0 Å². The third-order valence-corrected chi connectivity index (χ3v) is 2.51. The third kappa shape index (κ3) is 1.80. The minimum Gasteiger partial charge on any atom is -0.455 e. The number of aromatic nitrogens is 2. The highest BCUT2D eigenvalue weighted by molar-refractivity contribution is 5.60. The summed E-state index contributed by atoms with van der Waals surface area (Å²) in [6.07, 6.45) is 3.62. The summed E-state index contributed by atoms with van der Waals surface area (Å²) in [4.78, 5) is 0. The van der Waals surface area contributed by atoms with Crippen LogP contribution in [0.2, 0.25) is 0 Å². The highest BCUT2D eigenvalue weighted by atomic mass is 16.5. The first-order chi connectivity index (χ1) is 8.33. The lowest BCUT2D eigenvalue weighted by Crippen LogP contribution is -1.90. The molecule has 4 heteroatoms. The molecule has 0 atom stereocenters. The summed E-state index contributed by atoms with van der Waals surface area (Å²) in [5.41, 5.74) is 7.28. The molecular weight excluding hydrogens is 214 g/mol. The van der Waals surface area contributed by atoms with Crippen molar-refractivity contribution in [2.24, 2.45) is 0 Å². The molecule has 0 aliphatic heterocycles. The van der Waals surface area contributed by atoms with Crippen molar-refractivity contribution >= 4 is 11.2 Å². The van der Waals surface area contributed by atoms with Crippen LogP contribution in [0.25, 0.3) is 5.52 Å². The molecule has 0 radical (unpaired) electrons. The van der Waals surface area contributed by atoms with E-state index in [1.807, 2.05) is 48.7 Å². The zero-order chi connectivity index (χ0) is 11.7. The van der Waals surface area contributed by atoms with Gasteiger partial charge in [-0.3, -0.25) is 0 Å². The van der Waals surface area contributed by atoms with Crippen LogP contribution >= 0.6 is 0 Å². The molecule has 0 spiro atoms. The van der Waals surface area contributed by atoms with Gasteiger partial charge in [-0.2, -0.15) is 5.10 Å². The summed E-state index contributed by atoms with van der Waals surface area (Å²) in [7, 11) is 0. The molecule has 3 rings (SSSR count). The molecule has 2 aromatic heterocycles. The van der Waals surface area contributed by atoms with E-state index in [1.54, 1.807) is 10.7 Å². The lowest BCUT2D eigenvalue weighted by Gasteiger charge is -2.07. The van der Waals surface area contributed by atoms with Crippen LogP contribution in [0.1, 0.15) is 0 Å². The fraction of sp³-hybridized carbons (Fsp3) is 0. The van der Waals surface area contributed by atoms with Crippen LogP contribution in [0, 0.1) is 0 Å². The standard InChI is InChI=1S/C13H11N3O/c14-10-3-5-11(6-4-10)17-13-2-1-9-16-12(13)7-8-15-16/h1-9H,14H2. The summed E-state index contributed by atoms with van der Waals surface area (Å²) in [6.45, 7) is 0. The van der Waals surface area contributed by atoms with Crippen LogP contribution in [0.3, 0.4) is 0 Å². The second-order valence-electron chi connectivity index (χ2n) is 3.70. The summed E-state index contributed by atoms with van der Waals surface area (Å²) < 4.78 is 7.56. The molecule has 0 fully saturated rings. The molecule has 0 aliphatic rings. The summed E-state index contributed by atoms with van der Waals surface area (Å²) in [6, 6.07) is 13.0. The maximum absolute atomic E-state index is 5.79. The van der Waals surface area contributed by atoms with Crippen LogP contribution in [-0.4, -0.2) is 9.61 Å². The highest BCUT2D eigenvalue weighted by Gasteiger charge is 2.03. The van der Waals surface area contributed by atoms with Gasteiger partial charge < -0.3 is 10.5 Å². The second kappa shape index (κ2) is 3.83. The molecule has 4 nitrogen and oxygen atoms in total. The molecule has 2 heterocycles. The molecule has 17 heavy (non-hydrogen) atoms. The second-order valence-corrected chi connectivity index (χ2v) is 3.70. The van der Waals surface area contributed by atoms with Gasteiger partial charge in [-0.15, -0.1) is 0 Å². The SMILES string of the molecule is Nc1ccc(Oc2cccn3nccc23)cc1. The van der Waals surface area contributed by atoms with E-state index in [9.17, 15) is 0 Å². The molecule has 2 N–H and O–H groups in total. The number of hydrogen-bond acceptors (Lipinski definition) is 3. The number of fused-ring (bicyclic) bond motifs is 1. The number of ether oxygens (including phenoxy) is 1. The van der Waals surface area contributed by atoms with E-state index in [1.165, 1.54) is 0 Å². The molecule has 0 bridgehead atoms. The molecule has 0 saturated carbocycles. The van der Waals surface area contributed by atoms with Gasteiger partial charge in [0.05, 0.1) is 6.20 Å². The maximum atomic E-state index is 5.79. The van der Waals surface area contributed by atoms with Crippen LogP contribution < -0.4 is 10.5 Å². The lowest BCUT2D eigenvalue weighted by atomic mass is 10.3. The van der Waals surface area contributed by atoms with Crippen molar-refractivity contribution in [2.75, 3.05) is 5.73 Å². The average molecular weight is 225 g/mol. The Kier molecular flexibility index (Phi) is 2.19. The van der Waals surface area contributed by atoms with Crippen molar-refractivity contribution < 1.29 is 4.74 Å². The van der Waals surface area contributed by atoms with Gasteiger partial charge in [0.2, 0.25) is 0 Å². The van der Waals surface area contributed by atoms with Gasteiger partial charge in [-0.05, 0) is 42.5 Å². The number of pyridine rings is 1. The quantitative estimate of drug-likeness (QED) is 0.682. The number of benzene rings is 1. The van der Waals surface area contributed by atoms with Crippen LogP contribution in [-0.2, 0) is 0 Å². The number of nitrogens with two attached hydrogens (primary N) is 1. The van der Waals surface area contributed by atoms with Gasteiger partial charge in [0.1, 0.15) is 11.3 Å². The minimum absolute atomic E-state index is 0.722. The molecule has 0 saturated heterocycles. The molecule has 1 aromatic carbocycles. The number of nitrogen functional groups attached to an aromatic ring is 1. The zero-order valence-electron chi connectivity index (χ0n) is 9.08. The fourth-order valence-electron chi connectivity index (χ4n) is 1.67. The highest BCUT2D eigenvalue weighted by Crippen LogP contribution is 2.26. The third-order valence-electron chi connectivity index (χ3n) is 2.51. The Morgan fingerprint density at radius 1 is 1.06 bits per heavy atom. The summed E-state index contributed by atoms with van der Waals surface area (Å²) in [5.74, 6) is 1.53. The average Bonchev–Trinajstić information content (AvgIpc) is 2.81. The van der Waals surface area contributed by atoms with Crippen LogP contribution in [0.15, 0.2) is 54.9 Å². The smallest absolute Gasteiger partial charge is 0.153 e. The largest absolute Gasteiger partial charge is 0.455 e. The van der Waals surface area contributed by atoms with E-state index >= 15 is 0 Å². The van der Waals surface area contributed by atoms with E-state index in [2.05, 4.69) is 5.10 Å². The fourth-order valence-corrected chi connectivity index (χ4v) is 1.67. The lowest BCUT2D eigenvalue weighted by molar-refractivity contribution is 0.485. The van der Waals surface area contributed by atoms with Gasteiger partial charge in [-0.1, -0.05) is 0 Å². The Morgan fingerprint density at radius 2 is 1.88 bits per heavy atom. The predicted molar refractivity (Wildman–Crippen MR) is 66.1 cm³/mol. The molecule has 84 valence electrons. The topological polar surface area (TPSA) is 52.5 Å². The first-order valence-electron chi connectivity index (χ1n) is 5.29. The van der Waals surface area contributed by atoms with Gasteiger partial charge in [0, 0.05) is 11.9 Å². The van der Waals surface area contributed by atoms with Crippen LogP contribution in [0.4, 0.5) is 5.69 Å². The van der Waals surface area contributed by atoms with Gasteiger partial charge in [-0.25, -0.2) is 4.52 Å². The predicted octanol–water partition coefficient (Wildman–Crippen LogP) is 2.71. The normalized spacial score (nSPS) is 10.6. The van der Waals surface area contributed by atoms with Gasteiger partial charge in [0.25, 0.3) is 0 Å². The number of anilines is 1. The van der Waals surface area contributed by atoms with E-state index < -0.39 is 0 Å². The molecular formula is C13H11N3O. The Balaban J connectivity index is 1.99. The van der Waals surface area contributed by atoms with Crippen molar-refractivity contribution in [1.82, 2.24) is 9.61 Å². The summed E-state index contributed by atoms with van der Waals surface area (Å²) >= 11 is 0. The van der Waals surface area contributed by atoms with E-state index in [0.717, 1.165) is 22.7 Å². The van der Waals surface area contributed by atoms with Crippen molar-refractivity contribution in [1.29, 1.82) is 0 Å². The summed E-state index contributed by atoms with van der Waals surface area (Å²) in [5, 5.41) is 4.15. The van der Waals surface area contributed by atoms with Gasteiger partial charge >= 0.3 is 0 Å². The first-order valence-corrected chi connectivity index (χ1v) is 5.29. The minimum atomic E-state index is 0.722. The maximum Gasteiger partial charge on any atom is 0.153 e. The Bertz CT molecular complexity index is 643. The van der Waals surface area contributed by atoms with Crippen LogP contribution in [0.5, 0.6) is 11.5 Å². The van der Waals surface area contributed by atoms with Gasteiger partial charge in [0.15, 0.2) is 5.75 Å². The molecule has 0 aliphatic carbocycles. The molecule has 3 aromatic rings.